The number of aryl methyl sites for hydroxylation is 1. The third-order valence-electron chi connectivity index (χ3n) is 3.43. The van der Waals surface area contributed by atoms with Gasteiger partial charge < -0.3 is 4.74 Å². The molecule has 4 nitrogen and oxygen atoms in total. The average molecular weight is 298 g/mol. The molecule has 1 fully saturated rings. The van der Waals surface area contributed by atoms with Crippen LogP contribution in [0.25, 0.3) is 0 Å². The summed E-state index contributed by atoms with van der Waals surface area (Å²) in [5.74, 6) is 0. The summed E-state index contributed by atoms with van der Waals surface area (Å²) in [6, 6.07) is 6.72. The highest BCUT2D eigenvalue weighted by atomic mass is 32.2. The van der Waals surface area contributed by atoms with E-state index in [4.69, 9.17) is 8.92 Å². The molecule has 1 aromatic carbocycles. The predicted molar refractivity (Wildman–Crippen MR) is 77.1 cm³/mol. The van der Waals surface area contributed by atoms with Crippen LogP contribution in [0.2, 0.25) is 0 Å². The molecule has 5 heteroatoms. The van der Waals surface area contributed by atoms with Gasteiger partial charge in [-0.05, 0) is 25.5 Å². The molecule has 0 unspecified atom stereocenters. The lowest BCUT2D eigenvalue weighted by Gasteiger charge is -2.15. The van der Waals surface area contributed by atoms with E-state index < -0.39 is 10.1 Å². The molecule has 1 aliphatic rings. The van der Waals surface area contributed by atoms with Crippen molar-refractivity contribution in [3.05, 3.63) is 29.8 Å². The van der Waals surface area contributed by atoms with Crippen LogP contribution in [-0.4, -0.2) is 27.2 Å². The Hall–Kier alpha value is -0.910. The molecule has 0 amide bonds. The summed E-state index contributed by atoms with van der Waals surface area (Å²) in [6.45, 7) is 4.63. The van der Waals surface area contributed by atoms with Gasteiger partial charge in [0.2, 0.25) is 0 Å². The van der Waals surface area contributed by atoms with E-state index in [1.54, 1.807) is 24.3 Å². The van der Waals surface area contributed by atoms with E-state index in [0.29, 0.717) is 6.61 Å². The van der Waals surface area contributed by atoms with Crippen LogP contribution in [-0.2, 0) is 19.0 Å². The van der Waals surface area contributed by atoms with Crippen molar-refractivity contribution in [3.8, 4) is 0 Å². The molecule has 1 aliphatic heterocycles. The van der Waals surface area contributed by atoms with E-state index in [0.717, 1.165) is 31.2 Å². The number of ether oxygens (including phenoxy) is 1. The Morgan fingerprint density at radius 2 is 1.95 bits per heavy atom. The molecule has 0 saturated carbocycles. The molecule has 20 heavy (non-hydrogen) atoms. The Kier molecular flexibility index (Phi) is 5.18. The third-order valence-corrected chi connectivity index (χ3v) is 4.78. The van der Waals surface area contributed by atoms with Gasteiger partial charge in [-0.3, -0.25) is 4.18 Å². The molecule has 2 rings (SSSR count). The van der Waals surface area contributed by atoms with Gasteiger partial charge in [-0.2, -0.15) is 8.42 Å². The van der Waals surface area contributed by atoms with E-state index in [1.165, 1.54) is 0 Å². The summed E-state index contributed by atoms with van der Waals surface area (Å²) in [5, 5.41) is 0. The summed E-state index contributed by atoms with van der Waals surface area (Å²) in [7, 11) is -3.70. The molecule has 1 aromatic rings. The van der Waals surface area contributed by atoms with Crippen molar-refractivity contribution in [1.82, 2.24) is 0 Å². The van der Waals surface area contributed by atoms with Crippen LogP contribution < -0.4 is 0 Å². The van der Waals surface area contributed by atoms with E-state index in [2.05, 4.69) is 6.92 Å². The molecule has 0 bridgehead atoms. The Morgan fingerprint density at radius 1 is 1.30 bits per heavy atom. The Balaban J connectivity index is 2.02. The van der Waals surface area contributed by atoms with E-state index in [1.807, 2.05) is 6.92 Å². The van der Waals surface area contributed by atoms with Crippen molar-refractivity contribution in [2.24, 2.45) is 0 Å². The zero-order valence-electron chi connectivity index (χ0n) is 12.0. The molecule has 1 heterocycles. The lowest BCUT2D eigenvalue weighted by atomic mass is 10.1. The van der Waals surface area contributed by atoms with Gasteiger partial charge in [0.25, 0.3) is 10.1 Å². The van der Waals surface area contributed by atoms with Crippen LogP contribution in [0.4, 0.5) is 0 Å². The maximum absolute atomic E-state index is 12.2. The molecule has 0 aromatic heterocycles. The highest BCUT2D eigenvalue weighted by Gasteiger charge is 2.36. The van der Waals surface area contributed by atoms with Crippen LogP contribution in [0.3, 0.4) is 0 Å². The van der Waals surface area contributed by atoms with Crippen LogP contribution in [0.5, 0.6) is 0 Å². The molecule has 1 saturated heterocycles. The molecule has 0 radical (unpaired) electrons. The normalized spacial score (nSPS) is 19.8. The zero-order valence-corrected chi connectivity index (χ0v) is 12.9. The number of unbranched alkanes of at least 4 members (excludes halogenated alkanes) is 2. The Morgan fingerprint density at radius 3 is 2.50 bits per heavy atom. The van der Waals surface area contributed by atoms with Gasteiger partial charge in [0.1, 0.15) is 12.2 Å². The van der Waals surface area contributed by atoms with Gasteiger partial charge in [-0.25, -0.2) is 0 Å². The average Bonchev–Trinajstić information content (AvgIpc) is 3.22. The number of rotatable bonds is 8. The summed E-state index contributed by atoms with van der Waals surface area (Å²) < 4.78 is 35.1. The molecular formula is C15H22O4S. The topological polar surface area (TPSA) is 55.9 Å². The first-order chi connectivity index (χ1) is 9.53. The first kappa shape index (κ1) is 15.5. The fourth-order valence-electron chi connectivity index (χ4n) is 2.08. The summed E-state index contributed by atoms with van der Waals surface area (Å²) in [4.78, 5) is 0.212. The van der Waals surface area contributed by atoms with Gasteiger partial charge in [0, 0.05) is 0 Å². The monoisotopic (exact) mass is 298 g/mol. The van der Waals surface area contributed by atoms with Crippen LogP contribution in [0, 0.1) is 6.92 Å². The van der Waals surface area contributed by atoms with Gasteiger partial charge in [-0.1, -0.05) is 43.9 Å². The second kappa shape index (κ2) is 6.70. The number of hydrogen-bond acceptors (Lipinski definition) is 4. The molecule has 2 atom stereocenters. The molecule has 0 aliphatic carbocycles. The van der Waals surface area contributed by atoms with Crippen molar-refractivity contribution in [2.75, 3.05) is 6.61 Å². The first-order valence-corrected chi connectivity index (χ1v) is 8.55. The van der Waals surface area contributed by atoms with Crippen LogP contribution >= 0.6 is 0 Å². The second-order valence-corrected chi connectivity index (χ2v) is 6.84. The molecular weight excluding hydrogens is 276 g/mol. The predicted octanol–water partition coefficient (Wildman–Crippen LogP) is 3.05. The van der Waals surface area contributed by atoms with Gasteiger partial charge in [0.15, 0.2) is 0 Å². The Labute approximate surface area is 121 Å². The first-order valence-electron chi connectivity index (χ1n) is 7.14. The second-order valence-electron chi connectivity index (χ2n) is 5.27. The smallest absolute Gasteiger partial charge is 0.297 e. The van der Waals surface area contributed by atoms with E-state index >= 15 is 0 Å². The van der Waals surface area contributed by atoms with Gasteiger partial charge >= 0.3 is 0 Å². The van der Waals surface area contributed by atoms with Crippen LogP contribution in [0.1, 0.15) is 38.2 Å². The van der Waals surface area contributed by atoms with Crippen molar-refractivity contribution in [3.63, 3.8) is 0 Å². The summed E-state index contributed by atoms with van der Waals surface area (Å²) in [5.41, 5.74) is 1.02. The molecule has 112 valence electrons. The molecule has 0 spiro atoms. The quantitative estimate of drug-likeness (QED) is 0.420. The van der Waals surface area contributed by atoms with Gasteiger partial charge in [0.05, 0.1) is 11.5 Å². The maximum Gasteiger partial charge on any atom is 0.297 e. The highest BCUT2D eigenvalue weighted by molar-refractivity contribution is 7.86. The summed E-state index contributed by atoms with van der Waals surface area (Å²) >= 11 is 0. The fourth-order valence-corrected chi connectivity index (χ4v) is 3.21. The fraction of sp³-hybridized carbons (Fsp3) is 0.600. The standard InChI is InChI=1S/C15H22O4S/c1-3-4-5-6-14(15-11-18-15)19-20(16,17)13-9-7-12(2)8-10-13/h7-10,14-15H,3-6,11H2,1-2H3/t14-,15-/m0/s1. The molecule has 0 N–H and O–H groups in total. The van der Waals surface area contributed by atoms with Crippen molar-refractivity contribution >= 4 is 10.1 Å². The van der Waals surface area contributed by atoms with E-state index in [-0.39, 0.29) is 17.1 Å². The number of hydrogen-bond donors (Lipinski definition) is 0. The highest BCUT2D eigenvalue weighted by Crippen LogP contribution is 2.26. The van der Waals surface area contributed by atoms with Crippen LogP contribution in [0.15, 0.2) is 29.2 Å². The lowest BCUT2D eigenvalue weighted by Crippen LogP contribution is -2.24. The summed E-state index contributed by atoms with van der Waals surface area (Å²) in [6.07, 6.45) is 3.45. The minimum Gasteiger partial charge on any atom is -0.370 e. The lowest BCUT2D eigenvalue weighted by molar-refractivity contribution is 0.154. The minimum absolute atomic E-state index is 0.0629. The van der Waals surface area contributed by atoms with Crippen molar-refractivity contribution in [1.29, 1.82) is 0 Å². The van der Waals surface area contributed by atoms with Gasteiger partial charge in [-0.15, -0.1) is 0 Å². The SMILES string of the molecule is CCCCC[C@H](OS(=O)(=O)c1ccc(C)cc1)[C@@H]1CO1. The van der Waals surface area contributed by atoms with E-state index in [9.17, 15) is 8.42 Å². The largest absolute Gasteiger partial charge is 0.370 e. The van der Waals surface area contributed by atoms with Crippen molar-refractivity contribution in [2.45, 2.75) is 56.6 Å². The van der Waals surface area contributed by atoms with Crippen molar-refractivity contribution < 1.29 is 17.3 Å². The third kappa shape index (κ3) is 4.30. The maximum atomic E-state index is 12.2. The number of epoxide rings is 1. The number of benzene rings is 1. The Bertz CT molecular complexity index is 517. The minimum atomic E-state index is -3.70. The zero-order chi connectivity index (χ0) is 14.6.